The SMILES string of the molecule is Cc1c(CN(CCC(=O)O)C(C)C)n(C)c2ccccc12. The Hall–Kier alpha value is -1.81. The van der Waals surface area contributed by atoms with Crippen LogP contribution in [0.3, 0.4) is 0 Å². The van der Waals surface area contributed by atoms with Crippen LogP contribution in [0.2, 0.25) is 0 Å². The van der Waals surface area contributed by atoms with E-state index < -0.39 is 5.97 Å². The van der Waals surface area contributed by atoms with Gasteiger partial charge in [0.15, 0.2) is 0 Å². The summed E-state index contributed by atoms with van der Waals surface area (Å²) in [6.07, 6.45) is 0.182. The first-order chi connectivity index (χ1) is 9.91. The second-order valence-corrected chi connectivity index (χ2v) is 5.86. The molecule has 0 unspecified atom stereocenters. The summed E-state index contributed by atoms with van der Waals surface area (Å²) in [7, 11) is 2.08. The first-order valence-corrected chi connectivity index (χ1v) is 7.40. The number of carboxylic acids is 1. The second kappa shape index (κ2) is 6.31. The molecule has 0 radical (unpaired) electrons. The summed E-state index contributed by atoms with van der Waals surface area (Å²) in [6, 6.07) is 8.70. The lowest BCUT2D eigenvalue weighted by atomic mass is 10.1. The first-order valence-electron chi connectivity index (χ1n) is 7.40. The molecule has 0 saturated carbocycles. The number of hydrogen-bond donors (Lipinski definition) is 1. The highest BCUT2D eigenvalue weighted by molar-refractivity contribution is 5.85. The Labute approximate surface area is 126 Å². The van der Waals surface area contributed by atoms with Gasteiger partial charge >= 0.3 is 5.97 Å². The maximum Gasteiger partial charge on any atom is 0.304 e. The third kappa shape index (κ3) is 3.27. The van der Waals surface area contributed by atoms with Gasteiger partial charge in [-0.1, -0.05) is 18.2 Å². The van der Waals surface area contributed by atoms with Crippen molar-refractivity contribution in [3.8, 4) is 0 Å². The van der Waals surface area contributed by atoms with Crippen molar-refractivity contribution >= 4 is 16.9 Å². The number of fused-ring (bicyclic) bond motifs is 1. The van der Waals surface area contributed by atoms with Crippen LogP contribution in [-0.2, 0) is 18.4 Å². The van der Waals surface area contributed by atoms with Crippen molar-refractivity contribution in [2.75, 3.05) is 6.54 Å². The Morgan fingerprint density at radius 2 is 2.00 bits per heavy atom. The normalized spacial score (nSPS) is 11.7. The third-order valence-electron chi connectivity index (χ3n) is 4.20. The van der Waals surface area contributed by atoms with Crippen LogP contribution in [0.1, 0.15) is 31.5 Å². The van der Waals surface area contributed by atoms with Crippen LogP contribution in [0.5, 0.6) is 0 Å². The number of carboxylic acid groups (broad SMARTS) is 1. The van der Waals surface area contributed by atoms with E-state index in [1.54, 1.807) is 0 Å². The Balaban J connectivity index is 2.30. The van der Waals surface area contributed by atoms with E-state index in [1.807, 2.05) is 0 Å². The van der Waals surface area contributed by atoms with Crippen molar-refractivity contribution in [1.29, 1.82) is 0 Å². The zero-order valence-electron chi connectivity index (χ0n) is 13.3. The van der Waals surface area contributed by atoms with Crippen LogP contribution in [0.4, 0.5) is 0 Å². The summed E-state index contributed by atoms with van der Waals surface area (Å²) < 4.78 is 2.22. The fraction of sp³-hybridized carbons (Fsp3) is 0.471. The zero-order chi connectivity index (χ0) is 15.6. The summed E-state index contributed by atoms with van der Waals surface area (Å²) in [4.78, 5) is 13.0. The van der Waals surface area contributed by atoms with Gasteiger partial charge in [0.2, 0.25) is 0 Å². The number of rotatable bonds is 6. The van der Waals surface area contributed by atoms with Crippen LogP contribution in [-0.4, -0.2) is 33.1 Å². The highest BCUT2D eigenvalue weighted by Gasteiger charge is 2.17. The second-order valence-electron chi connectivity index (χ2n) is 5.86. The zero-order valence-corrected chi connectivity index (χ0v) is 13.3. The minimum absolute atomic E-state index is 0.182. The highest BCUT2D eigenvalue weighted by Crippen LogP contribution is 2.25. The average Bonchev–Trinajstić information content (AvgIpc) is 2.68. The van der Waals surface area contributed by atoms with E-state index in [0.717, 1.165) is 6.54 Å². The predicted molar refractivity (Wildman–Crippen MR) is 85.5 cm³/mol. The number of aliphatic carboxylic acids is 1. The molecule has 0 aliphatic rings. The molecule has 2 rings (SSSR count). The fourth-order valence-corrected chi connectivity index (χ4v) is 2.81. The van der Waals surface area contributed by atoms with E-state index in [1.165, 1.54) is 22.2 Å². The molecule has 0 spiro atoms. The van der Waals surface area contributed by atoms with E-state index in [4.69, 9.17) is 5.11 Å². The molecule has 1 heterocycles. The van der Waals surface area contributed by atoms with Gasteiger partial charge in [0.1, 0.15) is 0 Å². The summed E-state index contributed by atoms with van der Waals surface area (Å²) >= 11 is 0. The van der Waals surface area contributed by atoms with Gasteiger partial charge in [-0.3, -0.25) is 9.69 Å². The van der Waals surface area contributed by atoms with E-state index in [9.17, 15) is 4.79 Å². The third-order valence-corrected chi connectivity index (χ3v) is 4.20. The number of aromatic nitrogens is 1. The topological polar surface area (TPSA) is 45.5 Å². The van der Waals surface area contributed by atoms with Gasteiger partial charge in [0.05, 0.1) is 6.42 Å². The quantitative estimate of drug-likeness (QED) is 0.888. The van der Waals surface area contributed by atoms with Crippen LogP contribution < -0.4 is 0 Å². The Kier molecular flexibility index (Phi) is 4.68. The van der Waals surface area contributed by atoms with Crippen molar-refractivity contribution in [3.05, 3.63) is 35.5 Å². The van der Waals surface area contributed by atoms with Crippen LogP contribution in [0.15, 0.2) is 24.3 Å². The lowest BCUT2D eigenvalue weighted by Gasteiger charge is -2.26. The maximum atomic E-state index is 10.8. The van der Waals surface area contributed by atoms with E-state index in [0.29, 0.717) is 12.6 Å². The molecule has 0 amide bonds. The van der Waals surface area contributed by atoms with Crippen molar-refractivity contribution in [3.63, 3.8) is 0 Å². The summed E-state index contributed by atoms with van der Waals surface area (Å²) in [5.74, 6) is -0.741. The molecule has 1 N–H and O–H groups in total. The molecule has 1 aromatic carbocycles. The van der Waals surface area contributed by atoms with Crippen molar-refractivity contribution in [2.24, 2.45) is 7.05 Å². The molecule has 2 aromatic rings. The number of benzene rings is 1. The van der Waals surface area contributed by atoms with Crippen molar-refractivity contribution in [1.82, 2.24) is 9.47 Å². The molecule has 1 aromatic heterocycles. The standard InChI is InChI=1S/C17H24N2O2/c1-12(2)19(10-9-17(20)21)11-16-13(3)14-7-5-6-8-15(14)18(16)4/h5-8,12H,9-11H2,1-4H3,(H,20,21). The van der Waals surface area contributed by atoms with Gasteiger partial charge in [-0.25, -0.2) is 0 Å². The number of para-hydroxylation sites is 1. The minimum Gasteiger partial charge on any atom is -0.481 e. The molecule has 4 heteroatoms. The molecule has 0 atom stereocenters. The van der Waals surface area contributed by atoms with Crippen molar-refractivity contribution < 1.29 is 9.90 Å². The first kappa shape index (κ1) is 15.6. The Morgan fingerprint density at radius 1 is 1.33 bits per heavy atom. The largest absolute Gasteiger partial charge is 0.481 e. The molecule has 0 aliphatic carbocycles. The molecule has 114 valence electrons. The van der Waals surface area contributed by atoms with Crippen LogP contribution in [0.25, 0.3) is 10.9 Å². The lowest BCUT2D eigenvalue weighted by Crippen LogP contribution is -2.33. The highest BCUT2D eigenvalue weighted by atomic mass is 16.4. The molecule has 0 aliphatic heterocycles. The smallest absolute Gasteiger partial charge is 0.304 e. The Bertz CT molecular complexity index is 605. The number of nitrogens with zero attached hydrogens (tertiary/aromatic N) is 2. The fourth-order valence-electron chi connectivity index (χ4n) is 2.81. The summed E-state index contributed by atoms with van der Waals surface area (Å²) in [6.45, 7) is 7.73. The average molecular weight is 288 g/mol. The number of carbonyl (C=O) groups is 1. The molecule has 0 bridgehead atoms. The van der Waals surface area contributed by atoms with Gasteiger partial charge < -0.3 is 9.67 Å². The monoisotopic (exact) mass is 288 g/mol. The van der Waals surface area contributed by atoms with E-state index in [-0.39, 0.29) is 6.42 Å². The van der Waals surface area contributed by atoms with Gasteiger partial charge in [-0.15, -0.1) is 0 Å². The molecule has 4 nitrogen and oxygen atoms in total. The van der Waals surface area contributed by atoms with Gasteiger partial charge in [0.25, 0.3) is 0 Å². The Morgan fingerprint density at radius 3 is 2.57 bits per heavy atom. The van der Waals surface area contributed by atoms with Gasteiger partial charge in [0, 0.05) is 42.8 Å². The lowest BCUT2D eigenvalue weighted by molar-refractivity contribution is -0.137. The van der Waals surface area contributed by atoms with Gasteiger partial charge in [-0.05, 0) is 32.4 Å². The molecular formula is C17H24N2O2. The molecule has 0 saturated heterocycles. The molecule has 21 heavy (non-hydrogen) atoms. The summed E-state index contributed by atoms with van der Waals surface area (Å²) in [5, 5.41) is 10.2. The van der Waals surface area contributed by atoms with Crippen LogP contribution in [0, 0.1) is 6.92 Å². The van der Waals surface area contributed by atoms with E-state index in [2.05, 4.69) is 61.6 Å². The van der Waals surface area contributed by atoms with Crippen LogP contribution >= 0.6 is 0 Å². The van der Waals surface area contributed by atoms with Crippen molar-refractivity contribution in [2.45, 2.75) is 39.8 Å². The van der Waals surface area contributed by atoms with Gasteiger partial charge in [-0.2, -0.15) is 0 Å². The maximum absolute atomic E-state index is 10.8. The predicted octanol–water partition coefficient (Wildman–Crippen LogP) is 3.17. The minimum atomic E-state index is -0.741. The number of hydrogen-bond acceptors (Lipinski definition) is 2. The molecular weight excluding hydrogens is 264 g/mol. The number of aryl methyl sites for hydroxylation is 2. The summed E-state index contributed by atoms with van der Waals surface area (Å²) in [5.41, 5.74) is 3.77. The molecule has 0 fully saturated rings. The van der Waals surface area contributed by atoms with E-state index >= 15 is 0 Å².